The van der Waals surface area contributed by atoms with Gasteiger partial charge in [-0.05, 0) is 6.42 Å². The molecule has 0 atom stereocenters. The number of halogens is 1. The zero-order valence-corrected chi connectivity index (χ0v) is 13.7. The predicted molar refractivity (Wildman–Crippen MR) is 62.3 cm³/mol. The normalized spacial score (nSPS) is 16.3. The summed E-state index contributed by atoms with van der Waals surface area (Å²) in [6, 6.07) is 0. The van der Waals surface area contributed by atoms with Crippen LogP contribution in [0.5, 0.6) is 0 Å². The van der Waals surface area contributed by atoms with E-state index in [2.05, 4.69) is 40.0 Å². The molecule has 84 valence electrons. The molecule has 1 saturated heterocycles. The van der Waals surface area contributed by atoms with Crippen LogP contribution < -0.4 is 0 Å². The standard InChI is InChI=1S/C8H17.C3H4N2.ClH.Zn/c1-3-5-7-8-6-4-2;1-2-5-3-4-1;;/h3H,4-8H2,1-2H3;1-2H,3H2;1H;/q;-2;;+3/p-1. The van der Waals surface area contributed by atoms with E-state index in [1.807, 2.05) is 0 Å². The molecule has 0 saturated carbocycles. The van der Waals surface area contributed by atoms with Gasteiger partial charge in [0.25, 0.3) is 0 Å². The van der Waals surface area contributed by atoms with E-state index in [9.17, 15) is 0 Å². The van der Waals surface area contributed by atoms with Crippen molar-refractivity contribution in [3.05, 3.63) is 18.8 Å². The van der Waals surface area contributed by atoms with Gasteiger partial charge in [-0.1, -0.05) is 46.0 Å². The SMILES string of the molecule is C[CH]CCCCCC.[Cl][Zn]1[N]2C=C[N]1C2. The van der Waals surface area contributed by atoms with Gasteiger partial charge in [-0.2, -0.15) is 0 Å². The van der Waals surface area contributed by atoms with Crippen molar-refractivity contribution in [2.45, 2.75) is 46.0 Å². The molecule has 15 heavy (non-hydrogen) atoms. The van der Waals surface area contributed by atoms with Gasteiger partial charge in [-0.25, -0.2) is 0 Å². The number of unbranched alkanes of at least 4 members (excludes halogenated alkanes) is 5. The van der Waals surface area contributed by atoms with Crippen molar-refractivity contribution < 1.29 is 15.4 Å². The first-order valence-corrected chi connectivity index (χ1v) is 12.6. The van der Waals surface area contributed by atoms with Crippen molar-refractivity contribution in [2.75, 3.05) is 6.67 Å². The van der Waals surface area contributed by atoms with Crippen LogP contribution in [-0.4, -0.2) is 14.0 Å². The van der Waals surface area contributed by atoms with E-state index >= 15 is 0 Å². The fraction of sp³-hybridized carbons (Fsp3) is 0.727. The molecule has 0 amide bonds. The second kappa shape index (κ2) is 7.51. The maximum atomic E-state index is 5.91. The van der Waals surface area contributed by atoms with Gasteiger partial charge in [0.05, 0.1) is 0 Å². The Morgan fingerprint density at radius 3 is 2.27 bits per heavy atom. The van der Waals surface area contributed by atoms with Gasteiger partial charge in [-0.15, -0.1) is 0 Å². The van der Waals surface area contributed by atoms with Crippen LogP contribution in [0, 0.1) is 6.42 Å². The average Bonchev–Trinajstić information content (AvgIpc) is 2.87. The van der Waals surface area contributed by atoms with Gasteiger partial charge in [0.1, 0.15) is 0 Å². The molecule has 0 N–H and O–H groups in total. The van der Waals surface area contributed by atoms with E-state index in [0.29, 0.717) is 0 Å². The molecule has 3 aliphatic heterocycles. The second-order valence-electron chi connectivity index (χ2n) is 4.26. The van der Waals surface area contributed by atoms with Crippen molar-refractivity contribution in [3.8, 4) is 0 Å². The van der Waals surface area contributed by atoms with E-state index < -0.39 is 15.4 Å². The summed E-state index contributed by atoms with van der Waals surface area (Å²) in [6.07, 6.45) is 13.3. The van der Waals surface area contributed by atoms with Crippen LogP contribution in [0.2, 0.25) is 0 Å². The molecule has 0 aromatic rings. The Balaban J connectivity index is 0.000000150. The summed E-state index contributed by atoms with van der Waals surface area (Å²) < 4.78 is 4.53. The van der Waals surface area contributed by atoms with Gasteiger partial charge in [0.2, 0.25) is 0 Å². The molecule has 2 bridgehead atoms. The van der Waals surface area contributed by atoms with Gasteiger partial charge in [-0.3, -0.25) is 0 Å². The summed E-state index contributed by atoms with van der Waals surface area (Å²) in [5.74, 6) is 0. The number of nitrogens with zero attached hydrogens (tertiary/aromatic N) is 2. The Hall–Kier alpha value is 0.253. The molecule has 2 nitrogen and oxygen atoms in total. The van der Waals surface area contributed by atoms with E-state index in [0.717, 1.165) is 6.67 Å². The Labute approximate surface area is 104 Å². The third-order valence-corrected chi connectivity index (χ3v) is 10.6. The summed E-state index contributed by atoms with van der Waals surface area (Å²) in [6.45, 7) is 5.46. The monoisotopic (exact) mass is 280 g/mol. The summed E-state index contributed by atoms with van der Waals surface area (Å²) in [5.41, 5.74) is 0. The average molecular weight is 282 g/mol. The van der Waals surface area contributed by atoms with Crippen LogP contribution in [0.15, 0.2) is 12.4 Å². The van der Waals surface area contributed by atoms with Crippen molar-refractivity contribution in [1.29, 1.82) is 0 Å². The topological polar surface area (TPSA) is 6.48 Å². The van der Waals surface area contributed by atoms with E-state index in [4.69, 9.17) is 9.69 Å². The van der Waals surface area contributed by atoms with Crippen molar-refractivity contribution >= 4 is 9.69 Å². The third kappa shape index (κ3) is 4.32. The first kappa shape index (κ1) is 13.3. The molecule has 0 aliphatic carbocycles. The molecule has 3 aliphatic rings. The molecular formula is C11H21ClN2Zn. The van der Waals surface area contributed by atoms with Crippen LogP contribution in [0.4, 0.5) is 0 Å². The Morgan fingerprint density at radius 2 is 1.93 bits per heavy atom. The quantitative estimate of drug-likeness (QED) is 0.558. The molecule has 0 aromatic heterocycles. The molecule has 0 spiro atoms. The van der Waals surface area contributed by atoms with Gasteiger partial charge >= 0.3 is 51.5 Å². The Kier molecular flexibility index (Phi) is 6.67. The molecule has 1 fully saturated rings. The second-order valence-corrected chi connectivity index (χ2v) is 11.7. The summed E-state index contributed by atoms with van der Waals surface area (Å²) in [4.78, 5) is 0. The van der Waals surface area contributed by atoms with Crippen molar-refractivity contribution in [2.24, 2.45) is 0 Å². The van der Waals surface area contributed by atoms with Gasteiger partial charge < -0.3 is 0 Å². The molecular weight excluding hydrogens is 261 g/mol. The van der Waals surface area contributed by atoms with Crippen molar-refractivity contribution in [3.63, 3.8) is 0 Å². The zero-order chi connectivity index (χ0) is 11.1. The minimum absolute atomic E-state index is 1.09. The fourth-order valence-electron chi connectivity index (χ4n) is 1.73. The first-order valence-electron chi connectivity index (χ1n) is 6.07. The molecule has 4 heteroatoms. The zero-order valence-electron chi connectivity index (χ0n) is 9.95. The van der Waals surface area contributed by atoms with Crippen LogP contribution >= 0.6 is 9.69 Å². The molecule has 3 heterocycles. The van der Waals surface area contributed by atoms with Crippen LogP contribution in [0.1, 0.15) is 46.0 Å². The Morgan fingerprint density at radius 1 is 1.27 bits per heavy atom. The molecule has 3 rings (SSSR count). The van der Waals surface area contributed by atoms with Gasteiger partial charge in [0, 0.05) is 0 Å². The summed E-state index contributed by atoms with van der Waals surface area (Å²) in [7, 11) is 5.91. The maximum absolute atomic E-state index is 5.91. The first-order chi connectivity index (χ1) is 7.29. The van der Waals surface area contributed by atoms with Gasteiger partial charge in [0.15, 0.2) is 0 Å². The number of hydrogen-bond acceptors (Lipinski definition) is 2. The van der Waals surface area contributed by atoms with E-state index in [1.54, 1.807) is 0 Å². The minimum atomic E-state index is -1.60. The predicted octanol–water partition coefficient (Wildman–Crippen LogP) is 3.83. The van der Waals surface area contributed by atoms with Crippen LogP contribution in [0.3, 0.4) is 0 Å². The molecule has 0 unspecified atom stereocenters. The fourth-order valence-corrected chi connectivity index (χ4v) is 6.38. The number of hydrogen-bond donors (Lipinski definition) is 0. The molecule has 0 aromatic carbocycles. The number of rotatable bonds is 5. The Bertz CT molecular complexity index is 181. The van der Waals surface area contributed by atoms with E-state index in [1.165, 1.54) is 32.1 Å². The van der Waals surface area contributed by atoms with E-state index in [-0.39, 0.29) is 0 Å². The van der Waals surface area contributed by atoms with Crippen molar-refractivity contribution in [1.82, 2.24) is 7.29 Å². The van der Waals surface area contributed by atoms with Crippen LogP contribution in [-0.2, 0) is 15.4 Å². The third-order valence-electron chi connectivity index (χ3n) is 2.87. The summed E-state index contributed by atoms with van der Waals surface area (Å²) in [5, 5.41) is 0. The molecule has 1 radical (unpaired) electrons. The summed E-state index contributed by atoms with van der Waals surface area (Å²) >= 11 is -1.60. The van der Waals surface area contributed by atoms with Crippen LogP contribution in [0.25, 0.3) is 0 Å².